The number of carbonyl (C=O) groups is 1. The molecule has 1 atom stereocenters. The lowest BCUT2D eigenvalue weighted by Crippen LogP contribution is -2.43. The standard InChI is InChI=1S/C19H17Cl2N3O4S/c1-28-19(25)13-9-24(29(26,27)23-16-5-3-2-4-14(16)21)10-17-18(13)12-8-11(20)6-7-15(12)22-17/h2-8,13,22-23H,9-10H2,1H3. The monoisotopic (exact) mass is 453 g/mol. The lowest BCUT2D eigenvalue weighted by atomic mass is 9.93. The number of anilines is 1. The van der Waals surface area contributed by atoms with Crippen LogP contribution in [0.25, 0.3) is 10.9 Å². The number of H-pyrrole nitrogens is 1. The number of aromatic nitrogens is 1. The molecule has 2 heterocycles. The molecule has 0 fully saturated rings. The summed E-state index contributed by atoms with van der Waals surface area (Å²) in [7, 11) is -2.70. The Hall–Kier alpha value is -2.26. The van der Waals surface area contributed by atoms with Gasteiger partial charge >= 0.3 is 16.2 Å². The summed E-state index contributed by atoms with van der Waals surface area (Å²) in [6, 6.07) is 11.8. The van der Waals surface area contributed by atoms with Crippen molar-refractivity contribution in [1.29, 1.82) is 0 Å². The summed E-state index contributed by atoms with van der Waals surface area (Å²) in [6.07, 6.45) is 0. The second-order valence-corrected chi connectivity index (χ2v) is 9.18. The van der Waals surface area contributed by atoms with Crippen molar-refractivity contribution in [2.75, 3.05) is 18.4 Å². The first-order valence-electron chi connectivity index (χ1n) is 8.70. The highest BCUT2D eigenvalue weighted by atomic mass is 35.5. The van der Waals surface area contributed by atoms with Crippen molar-refractivity contribution in [2.45, 2.75) is 12.5 Å². The number of halogens is 2. The van der Waals surface area contributed by atoms with Crippen LogP contribution >= 0.6 is 23.2 Å². The molecular weight excluding hydrogens is 437 g/mol. The summed E-state index contributed by atoms with van der Waals surface area (Å²) in [6.45, 7) is -0.00611. The number of nitrogens with zero attached hydrogens (tertiary/aromatic N) is 1. The second kappa shape index (κ2) is 7.53. The SMILES string of the molecule is COC(=O)C1CN(S(=O)(=O)Nc2ccccc2Cl)Cc2[nH]c3ccc(Cl)cc3c21. The van der Waals surface area contributed by atoms with E-state index in [0.29, 0.717) is 16.3 Å². The summed E-state index contributed by atoms with van der Waals surface area (Å²) in [5.41, 5.74) is 2.36. The van der Waals surface area contributed by atoms with Crippen LogP contribution in [0.2, 0.25) is 10.0 Å². The van der Waals surface area contributed by atoms with E-state index in [1.54, 1.807) is 42.5 Å². The summed E-state index contributed by atoms with van der Waals surface area (Å²) >= 11 is 12.2. The zero-order valence-corrected chi connectivity index (χ0v) is 17.6. The predicted octanol–water partition coefficient (Wildman–Crippen LogP) is 3.90. The molecule has 0 spiro atoms. The smallest absolute Gasteiger partial charge is 0.314 e. The quantitative estimate of drug-likeness (QED) is 0.585. The molecule has 1 aromatic heterocycles. The zero-order chi connectivity index (χ0) is 20.8. The number of benzene rings is 2. The van der Waals surface area contributed by atoms with Crippen molar-refractivity contribution in [3.05, 3.63) is 63.8 Å². The van der Waals surface area contributed by atoms with Gasteiger partial charge in [-0.2, -0.15) is 12.7 Å². The normalized spacial score (nSPS) is 17.1. The van der Waals surface area contributed by atoms with Crippen LogP contribution in [0.1, 0.15) is 17.2 Å². The van der Waals surface area contributed by atoms with Crippen LogP contribution in [0.4, 0.5) is 5.69 Å². The highest BCUT2D eigenvalue weighted by Gasteiger charge is 2.39. The van der Waals surface area contributed by atoms with Gasteiger partial charge in [-0.3, -0.25) is 9.52 Å². The Morgan fingerprint density at radius 3 is 2.72 bits per heavy atom. The molecule has 4 rings (SSSR count). The summed E-state index contributed by atoms with van der Waals surface area (Å²) in [5.74, 6) is -1.32. The molecule has 0 bridgehead atoms. The van der Waals surface area contributed by atoms with E-state index in [1.807, 2.05) is 0 Å². The number of rotatable bonds is 4. The van der Waals surface area contributed by atoms with E-state index in [2.05, 4.69) is 9.71 Å². The number of nitrogens with one attached hydrogen (secondary N) is 2. The molecule has 3 aromatic rings. The Labute approximate surface area is 177 Å². The molecular formula is C19H17Cl2N3O4S. The van der Waals surface area contributed by atoms with Gasteiger partial charge in [0.2, 0.25) is 0 Å². The van der Waals surface area contributed by atoms with Gasteiger partial charge in [0, 0.05) is 28.2 Å². The lowest BCUT2D eigenvalue weighted by Gasteiger charge is -2.31. The number of hydrogen-bond acceptors (Lipinski definition) is 4. The molecule has 1 aliphatic rings. The molecule has 1 aliphatic heterocycles. The minimum absolute atomic E-state index is 0.0644. The fourth-order valence-electron chi connectivity index (χ4n) is 3.56. The van der Waals surface area contributed by atoms with Crippen molar-refractivity contribution in [2.24, 2.45) is 0 Å². The molecule has 29 heavy (non-hydrogen) atoms. The van der Waals surface area contributed by atoms with Crippen molar-refractivity contribution >= 4 is 56.0 Å². The highest BCUT2D eigenvalue weighted by Crippen LogP contribution is 2.37. The molecule has 0 aliphatic carbocycles. The van der Waals surface area contributed by atoms with Crippen molar-refractivity contribution in [3.63, 3.8) is 0 Å². The lowest BCUT2D eigenvalue weighted by molar-refractivity contribution is -0.142. The van der Waals surface area contributed by atoms with Gasteiger partial charge in [0.25, 0.3) is 0 Å². The third-order valence-corrected chi connectivity index (χ3v) is 6.89. The summed E-state index contributed by atoms with van der Waals surface area (Å²) in [4.78, 5) is 15.7. The highest BCUT2D eigenvalue weighted by molar-refractivity contribution is 7.90. The Kier molecular flexibility index (Phi) is 5.20. The van der Waals surface area contributed by atoms with Crippen LogP contribution in [0.15, 0.2) is 42.5 Å². The number of carbonyl (C=O) groups excluding carboxylic acids is 1. The largest absolute Gasteiger partial charge is 0.469 e. The minimum Gasteiger partial charge on any atom is -0.469 e. The van der Waals surface area contributed by atoms with Gasteiger partial charge in [-0.1, -0.05) is 35.3 Å². The van der Waals surface area contributed by atoms with E-state index >= 15 is 0 Å². The van der Waals surface area contributed by atoms with Gasteiger partial charge in [0.1, 0.15) is 0 Å². The van der Waals surface area contributed by atoms with E-state index in [-0.39, 0.29) is 23.8 Å². The number of esters is 1. The van der Waals surface area contributed by atoms with Crippen LogP contribution in [-0.4, -0.2) is 37.3 Å². The first kappa shape index (κ1) is 20.0. The van der Waals surface area contributed by atoms with Crippen LogP contribution in [0.3, 0.4) is 0 Å². The Morgan fingerprint density at radius 1 is 1.24 bits per heavy atom. The Balaban J connectivity index is 1.76. The third kappa shape index (κ3) is 3.69. The van der Waals surface area contributed by atoms with E-state index in [1.165, 1.54) is 11.4 Å². The van der Waals surface area contributed by atoms with Crippen LogP contribution in [0.5, 0.6) is 0 Å². The molecule has 0 saturated carbocycles. The number of aromatic amines is 1. The van der Waals surface area contributed by atoms with Crippen molar-refractivity contribution in [3.8, 4) is 0 Å². The Bertz CT molecular complexity index is 1210. The molecule has 1 unspecified atom stereocenters. The average Bonchev–Trinajstić information content (AvgIpc) is 3.06. The molecule has 10 heteroatoms. The maximum Gasteiger partial charge on any atom is 0.314 e. The molecule has 2 aromatic carbocycles. The van der Waals surface area contributed by atoms with E-state index in [9.17, 15) is 13.2 Å². The minimum atomic E-state index is -3.98. The van der Waals surface area contributed by atoms with Gasteiger partial charge in [-0.25, -0.2) is 0 Å². The molecule has 7 nitrogen and oxygen atoms in total. The fourth-order valence-corrected chi connectivity index (χ4v) is 5.21. The maximum atomic E-state index is 13.0. The average molecular weight is 454 g/mol. The van der Waals surface area contributed by atoms with E-state index in [4.69, 9.17) is 27.9 Å². The maximum absolute atomic E-state index is 13.0. The molecule has 0 saturated heterocycles. The molecule has 152 valence electrons. The number of para-hydroxylation sites is 1. The van der Waals surface area contributed by atoms with Gasteiger partial charge < -0.3 is 9.72 Å². The summed E-state index contributed by atoms with van der Waals surface area (Å²) in [5, 5.41) is 1.58. The van der Waals surface area contributed by atoms with Crippen LogP contribution < -0.4 is 4.72 Å². The van der Waals surface area contributed by atoms with Gasteiger partial charge in [-0.15, -0.1) is 0 Å². The number of methoxy groups -OCH3 is 1. The van der Waals surface area contributed by atoms with E-state index in [0.717, 1.165) is 10.9 Å². The molecule has 2 N–H and O–H groups in total. The van der Waals surface area contributed by atoms with Gasteiger partial charge in [0.05, 0.1) is 30.3 Å². The van der Waals surface area contributed by atoms with Crippen molar-refractivity contribution in [1.82, 2.24) is 9.29 Å². The molecule has 0 radical (unpaired) electrons. The van der Waals surface area contributed by atoms with E-state index < -0.39 is 22.1 Å². The summed E-state index contributed by atoms with van der Waals surface area (Å²) < 4.78 is 34.6. The first-order valence-corrected chi connectivity index (χ1v) is 10.9. The van der Waals surface area contributed by atoms with Crippen LogP contribution in [0, 0.1) is 0 Å². The molecule has 0 amide bonds. The number of hydrogen-bond donors (Lipinski definition) is 2. The second-order valence-electron chi connectivity index (χ2n) is 6.66. The third-order valence-electron chi connectivity index (χ3n) is 4.89. The van der Waals surface area contributed by atoms with Gasteiger partial charge in [-0.05, 0) is 35.9 Å². The first-order chi connectivity index (χ1) is 13.8. The number of ether oxygens (including phenoxy) is 1. The van der Waals surface area contributed by atoms with Crippen molar-refractivity contribution < 1.29 is 17.9 Å². The Morgan fingerprint density at radius 2 is 2.00 bits per heavy atom. The zero-order valence-electron chi connectivity index (χ0n) is 15.3. The fraction of sp³-hybridized carbons (Fsp3) is 0.211. The van der Waals surface area contributed by atoms with Crippen LogP contribution in [-0.2, 0) is 26.3 Å². The van der Waals surface area contributed by atoms with Gasteiger partial charge in [0.15, 0.2) is 0 Å². The predicted molar refractivity (Wildman–Crippen MR) is 112 cm³/mol. The topological polar surface area (TPSA) is 91.5 Å². The number of fused-ring (bicyclic) bond motifs is 3.